The lowest BCUT2D eigenvalue weighted by molar-refractivity contribution is 0.261. The Morgan fingerprint density at radius 1 is 0.929 bits per heavy atom. The van der Waals surface area contributed by atoms with Gasteiger partial charge in [0.25, 0.3) is 0 Å². The first-order chi connectivity index (χ1) is 20.4. The van der Waals surface area contributed by atoms with Gasteiger partial charge in [-0.1, -0.05) is 67.3 Å². The number of nitrogens with zero attached hydrogens (tertiary/aromatic N) is 5. The first-order valence-electron chi connectivity index (χ1n) is 14.4. The van der Waals surface area contributed by atoms with Crippen molar-refractivity contribution in [3.8, 4) is 5.69 Å². The lowest BCUT2D eigenvalue weighted by atomic mass is 9.80. The van der Waals surface area contributed by atoms with Crippen LogP contribution in [0.1, 0.15) is 48.1 Å². The highest BCUT2D eigenvalue weighted by atomic mass is 15.2. The zero-order valence-electron chi connectivity index (χ0n) is 24.8. The first-order valence-corrected chi connectivity index (χ1v) is 14.4. The van der Waals surface area contributed by atoms with E-state index in [1.807, 2.05) is 43.4 Å². The van der Waals surface area contributed by atoms with Crippen LogP contribution in [0.3, 0.4) is 0 Å². The molecular formula is C37H39N5. The van der Waals surface area contributed by atoms with Crippen molar-refractivity contribution in [1.29, 1.82) is 0 Å². The molecule has 0 saturated heterocycles. The largest absolute Gasteiger partial charge is 0.368 e. The number of benzene rings is 2. The summed E-state index contributed by atoms with van der Waals surface area (Å²) in [6, 6.07) is 13.9. The summed E-state index contributed by atoms with van der Waals surface area (Å²) in [5.41, 5.74) is 6.88. The maximum atomic E-state index is 4.54. The molecule has 5 rings (SSSR count). The van der Waals surface area contributed by atoms with E-state index < -0.39 is 0 Å². The number of hydrogen-bond donors (Lipinski definition) is 0. The van der Waals surface area contributed by atoms with E-state index in [2.05, 4.69) is 131 Å². The molecule has 1 aromatic heterocycles. The summed E-state index contributed by atoms with van der Waals surface area (Å²) in [5.74, 6) is 0. The van der Waals surface area contributed by atoms with Gasteiger partial charge in [0.15, 0.2) is 0 Å². The Labute approximate surface area is 250 Å². The van der Waals surface area contributed by atoms with Crippen molar-refractivity contribution >= 4 is 12.4 Å². The highest BCUT2D eigenvalue weighted by Gasteiger charge is 2.29. The quantitative estimate of drug-likeness (QED) is 0.240. The van der Waals surface area contributed by atoms with E-state index in [4.69, 9.17) is 0 Å². The first kappa shape index (κ1) is 28.7. The van der Waals surface area contributed by atoms with E-state index in [1.165, 1.54) is 27.8 Å². The topological polar surface area (TPSA) is 45.8 Å². The zero-order valence-corrected chi connectivity index (χ0v) is 24.8. The predicted octanol–water partition coefficient (Wildman–Crippen LogP) is 7.81. The fraction of sp³-hybridized carbons (Fsp3) is 0.216. The van der Waals surface area contributed by atoms with Crippen molar-refractivity contribution in [3.63, 3.8) is 0 Å². The van der Waals surface area contributed by atoms with Gasteiger partial charge in [-0.3, -0.25) is 9.98 Å². The molecule has 2 aliphatic rings. The number of likely N-dealkylation sites (N-methyl/N-ethyl adjacent to an activating group) is 1. The Balaban J connectivity index is 1.54. The minimum Gasteiger partial charge on any atom is -0.368 e. The van der Waals surface area contributed by atoms with E-state index >= 15 is 0 Å². The number of allylic oxidation sites excluding steroid dienone is 7. The van der Waals surface area contributed by atoms with E-state index in [-0.39, 0.29) is 11.0 Å². The van der Waals surface area contributed by atoms with Crippen molar-refractivity contribution in [1.82, 2.24) is 14.5 Å². The molecule has 0 fully saturated rings. The minimum atomic E-state index is -0.294. The van der Waals surface area contributed by atoms with Gasteiger partial charge in [-0.25, -0.2) is 4.98 Å². The van der Waals surface area contributed by atoms with Crippen LogP contribution in [0.2, 0.25) is 0 Å². The third kappa shape index (κ3) is 6.58. The molecule has 5 nitrogen and oxygen atoms in total. The highest BCUT2D eigenvalue weighted by molar-refractivity contribution is 5.77. The lowest BCUT2D eigenvalue weighted by Gasteiger charge is -2.38. The summed E-state index contributed by atoms with van der Waals surface area (Å²) in [7, 11) is 2.13. The van der Waals surface area contributed by atoms with Gasteiger partial charge in [0.1, 0.15) is 0 Å². The molecular weight excluding hydrogens is 514 g/mol. The third-order valence-corrected chi connectivity index (χ3v) is 8.07. The Morgan fingerprint density at radius 2 is 1.74 bits per heavy atom. The normalized spacial score (nSPS) is 21.5. The van der Waals surface area contributed by atoms with Crippen LogP contribution in [0, 0.1) is 0 Å². The van der Waals surface area contributed by atoms with Crippen LogP contribution in [0.5, 0.6) is 0 Å². The average Bonchev–Trinajstić information content (AvgIpc) is 3.44. The number of rotatable bonds is 10. The fourth-order valence-electron chi connectivity index (χ4n) is 5.44. The average molecular weight is 554 g/mol. The summed E-state index contributed by atoms with van der Waals surface area (Å²) in [6.07, 6.45) is 34.5. The Hall–Kier alpha value is -4.77. The Bertz CT molecular complexity index is 1600. The number of imidazole rings is 1. The summed E-state index contributed by atoms with van der Waals surface area (Å²) in [4.78, 5) is 15.3. The molecule has 0 spiro atoms. The second-order valence-electron chi connectivity index (χ2n) is 11.3. The van der Waals surface area contributed by atoms with Crippen molar-refractivity contribution < 1.29 is 0 Å². The molecule has 0 aliphatic carbocycles. The van der Waals surface area contributed by atoms with Gasteiger partial charge < -0.3 is 9.47 Å². The van der Waals surface area contributed by atoms with Crippen LogP contribution >= 0.6 is 0 Å². The second kappa shape index (κ2) is 12.8. The van der Waals surface area contributed by atoms with E-state index in [1.54, 1.807) is 12.3 Å². The molecule has 0 N–H and O–H groups in total. The fourth-order valence-corrected chi connectivity index (χ4v) is 5.44. The maximum absolute atomic E-state index is 4.54. The smallest absolute Gasteiger partial charge is 0.0991 e. The number of aromatic nitrogens is 2. The van der Waals surface area contributed by atoms with Crippen molar-refractivity contribution in [2.45, 2.75) is 44.1 Å². The van der Waals surface area contributed by atoms with Crippen molar-refractivity contribution in [2.75, 3.05) is 7.05 Å². The molecule has 0 saturated carbocycles. The standard InChI is InChI=1S/C37H39N5/c1-5-15-38-16-9-6-12-30-21-31(24-33(23-30)36(2)13-7-10-17-39-28-36)22-32-25-34(37(3)14-8-11-19-41(37)4)27-35(26-32)42-20-18-40-29-42/h5,7-11,13-21,23-29H,1,6,12,22H2,2-4H3/b16-9-,38-15?. The van der Waals surface area contributed by atoms with Gasteiger partial charge in [-0.2, -0.15) is 0 Å². The van der Waals surface area contributed by atoms with Gasteiger partial charge in [-0.05, 0) is 91.4 Å². The Morgan fingerprint density at radius 3 is 2.55 bits per heavy atom. The minimum absolute atomic E-state index is 0.254. The molecule has 2 aliphatic heterocycles. The SMILES string of the molecule is C=CC=N/C=C\CCc1cc(Cc2cc(-n3ccnc3)cc(C3(C)C=CC=CN3C)c2)cc(C2(C)C=CC=CN=C2)c1. The Kier molecular flexibility index (Phi) is 8.77. The molecule has 3 aromatic rings. The number of aryl methyl sites for hydroxylation is 1. The van der Waals surface area contributed by atoms with Crippen molar-refractivity contribution in [3.05, 3.63) is 157 Å². The molecule has 0 amide bonds. The number of hydrogen-bond acceptors (Lipinski definition) is 4. The molecule has 0 radical (unpaired) electrons. The van der Waals surface area contributed by atoms with Gasteiger partial charge in [0, 0.05) is 55.4 Å². The van der Waals surface area contributed by atoms with Crippen LogP contribution in [0.15, 0.2) is 139 Å². The summed E-state index contributed by atoms with van der Waals surface area (Å²) in [5, 5.41) is 0. The van der Waals surface area contributed by atoms with Crippen LogP contribution in [0.25, 0.3) is 5.69 Å². The molecule has 5 heteroatoms. The molecule has 2 aromatic carbocycles. The van der Waals surface area contributed by atoms with Gasteiger partial charge in [-0.15, -0.1) is 0 Å². The third-order valence-electron chi connectivity index (χ3n) is 8.07. The van der Waals surface area contributed by atoms with Gasteiger partial charge >= 0.3 is 0 Å². The summed E-state index contributed by atoms with van der Waals surface area (Å²) in [6.45, 7) is 8.17. The molecule has 0 bridgehead atoms. The second-order valence-corrected chi connectivity index (χ2v) is 11.3. The van der Waals surface area contributed by atoms with Crippen LogP contribution in [0.4, 0.5) is 0 Å². The van der Waals surface area contributed by atoms with Gasteiger partial charge in [0.2, 0.25) is 0 Å². The van der Waals surface area contributed by atoms with Crippen LogP contribution in [-0.4, -0.2) is 33.9 Å². The molecule has 42 heavy (non-hydrogen) atoms. The lowest BCUT2D eigenvalue weighted by Crippen LogP contribution is -2.37. The van der Waals surface area contributed by atoms with E-state index in [0.29, 0.717) is 0 Å². The van der Waals surface area contributed by atoms with Crippen LogP contribution < -0.4 is 0 Å². The maximum Gasteiger partial charge on any atom is 0.0991 e. The molecule has 2 unspecified atom stereocenters. The van der Waals surface area contributed by atoms with E-state index in [0.717, 1.165) is 24.9 Å². The molecule has 212 valence electrons. The zero-order chi connectivity index (χ0) is 29.4. The predicted molar refractivity (Wildman–Crippen MR) is 176 cm³/mol. The van der Waals surface area contributed by atoms with Crippen LogP contribution in [-0.2, 0) is 23.8 Å². The van der Waals surface area contributed by atoms with E-state index in [9.17, 15) is 0 Å². The monoisotopic (exact) mass is 553 g/mol. The number of aliphatic imine (C=N–C) groups is 2. The van der Waals surface area contributed by atoms with Crippen molar-refractivity contribution in [2.24, 2.45) is 9.98 Å². The van der Waals surface area contributed by atoms with Gasteiger partial charge in [0.05, 0.1) is 11.9 Å². The molecule has 3 heterocycles. The molecule has 2 atom stereocenters. The highest BCUT2D eigenvalue weighted by Crippen LogP contribution is 2.34. The summed E-state index contributed by atoms with van der Waals surface area (Å²) >= 11 is 0. The summed E-state index contributed by atoms with van der Waals surface area (Å²) < 4.78 is 2.09.